The molecule has 0 saturated carbocycles. The maximum Gasteiger partial charge on any atom is 0.341 e. The highest BCUT2D eigenvalue weighted by molar-refractivity contribution is 6.02. The van der Waals surface area contributed by atoms with Gasteiger partial charge in [-0.15, -0.1) is 0 Å². The zero-order valence-electron chi connectivity index (χ0n) is 13.9. The Balaban J connectivity index is 2.30. The third-order valence-corrected chi connectivity index (χ3v) is 3.95. The maximum atomic E-state index is 12.7. The first-order chi connectivity index (χ1) is 11.5. The summed E-state index contributed by atoms with van der Waals surface area (Å²) in [6, 6.07) is 12.6. The van der Waals surface area contributed by atoms with Crippen molar-refractivity contribution in [3.05, 3.63) is 69.4 Å². The molecule has 0 aliphatic heterocycles. The summed E-state index contributed by atoms with van der Waals surface area (Å²) in [4.78, 5) is 24.9. The van der Waals surface area contributed by atoms with Crippen molar-refractivity contribution in [2.75, 3.05) is 6.61 Å². The minimum Gasteiger partial charge on any atom is -0.462 e. The summed E-state index contributed by atoms with van der Waals surface area (Å²) in [5.41, 5.74) is 2.83. The lowest BCUT2D eigenvalue weighted by Crippen LogP contribution is -2.11. The molecule has 0 atom stereocenters. The number of esters is 1. The van der Waals surface area contributed by atoms with Gasteiger partial charge in [0.25, 0.3) is 0 Å². The number of rotatable bonds is 3. The van der Waals surface area contributed by atoms with E-state index in [0.717, 1.165) is 11.1 Å². The van der Waals surface area contributed by atoms with Gasteiger partial charge >= 0.3 is 5.97 Å². The van der Waals surface area contributed by atoms with Crippen LogP contribution >= 0.6 is 0 Å². The van der Waals surface area contributed by atoms with E-state index >= 15 is 0 Å². The van der Waals surface area contributed by atoms with Crippen molar-refractivity contribution in [1.82, 2.24) is 0 Å². The van der Waals surface area contributed by atoms with Gasteiger partial charge in [0.1, 0.15) is 11.3 Å². The van der Waals surface area contributed by atoms with E-state index in [4.69, 9.17) is 9.15 Å². The van der Waals surface area contributed by atoms with Crippen LogP contribution in [0, 0.1) is 13.8 Å². The van der Waals surface area contributed by atoms with Crippen LogP contribution in [0.1, 0.15) is 28.4 Å². The van der Waals surface area contributed by atoms with Gasteiger partial charge in [0.15, 0.2) is 11.0 Å². The lowest BCUT2D eigenvalue weighted by molar-refractivity contribution is 0.0527. The summed E-state index contributed by atoms with van der Waals surface area (Å²) >= 11 is 0. The van der Waals surface area contributed by atoms with Gasteiger partial charge < -0.3 is 9.15 Å². The number of carbonyl (C=O) groups excluding carboxylic acids is 1. The molecular formula is C20H18O4. The lowest BCUT2D eigenvalue weighted by Gasteiger charge is -2.10. The van der Waals surface area contributed by atoms with Crippen LogP contribution in [0.5, 0.6) is 0 Å². The van der Waals surface area contributed by atoms with E-state index in [9.17, 15) is 9.59 Å². The third kappa shape index (κ3) is 2.71. The van der Waals surface area contributed by atoms with Crippen LogP contribution in [0.2, 0.25) is 0 Å². The van der Waals surface area contributed by atoms with Crippen molar-refractivity contribution in [2.45, 2.75) is 20.8 Å². The van der Waals surface area contributed by atoms with E-state index in [1.807, 2.05) is 31.2 Å². The number of ether oxygens (including phenoxy) is 1. The Morgan fingerprint density at radius 1 is 1.08 bits per heavy atom. The average molecular weight is 322 g/mol. The number of carbonyl (C=O) groups is 1. The molecule has 0 aliphatic rings. The smallest absolute Gasteiger partial charge is 0.341 e. The molecule has 0 saturated heterocycles. The van der Waals surface area contributed by atoms with Crippen LogP contribution in [0.3, 0.4) is 0 Å². The molecule has 4 heteroatoms. The van der Waals surface area contributed by atoms with E-state index in [2.05, 4.69) is 0 Å². The van der Waals surface area contributed by atoms with Crippen molar-refractivity contribution in [1.29, 1.82) is 0 Å². The number of para-hydroxylation sites is 1. The molecule has 3 rings (SSSR count). The molecule has 0 radical (unpaired) electrons. The Hall–Kier alpha value is -2.88. The molecule has 0 fully saturated rings. The number of aryl methyl sites for hydroxylation is 1. The van der Waals surface area contributed by atoms with E-state index in [-0.39, 0.29) is 23.2 Å². The fraction of sp³-hybridized carbons (Fsp3) is 0.200. The van der Waals surface area contributed by atoms with E-state index in [1.54, 1.807) is 32.0 Å². The van der Waals surface area contributed by atoms with Crippen LogP contribution in [0.15, 0.2) is 51.7 Å². The van der Waals surface area contributed by atoms with Gasteiger partial charge in [0.2, 0.25) is 0 Å². The predicted octanol–water partition coefficient (Wildman–Crippen LogP) is 4.25. The normalized spacial score (nSPS) is 10.8. The number of hydrogen-bond acceptors (Lipinski definition) is 4. The highest BCUT2D eigenvalue weighted by Gasteiger charge is 2.18. The Labute approximate surface area is 139 Å². The van der Waals surface area contributed by atoms with Crippen molar-refractivity contribution in [2.24, 2.45) is 0 Å². The molecule has 0 aliphatic carbocycles. The average Bonchev–Trinajstić information content (AvgIpc) is 2.58. The topological polar surface area (TPSA) is 56.5 Å². The van der Waals surface area contributed by atoms with Gasteiger partial charge in [-0.1, -0.05) is 35.9 Å². The second-order valence-electron chi connectivity index (χ2n) is 5.65. The summed E-state index contributed by atoms with van der Waals surface area (Å²) < 4.78 is 11.1. The van der Waals surface area contributed by atoms with Crippen LogP contribution in [-0.2, 0) is 4.74 Å². The van der Waals surface area contributed by atoms with Crippen molar-refractivity contribution >= 4 is 16.9 Å². The van der Waals surface area contributed by atoms with E-state index in [1.165, 1.54) is 0 Å². The predicted molar refractivity (Wildman–Crippen MR) is 93.4 cm³/mol. The molecule has 4 nitrogen and oxygen atoms in total. The molecule has 0 amide bonds. The van der Waals surface area contributed by atoms with Crippen LogP contribution in [0.4, 0.5) is 0 Å². The summed E-state index contributed by atoms with van der Waals surface area (Å²) in [5, 5.41) is 0.383. The Bertz CT molecular complexity index is 965. The summed E-state index contributed by atoms with van der Waals surface area (Å²) in [5.74, 6) is -0.0193. The fourth-order valence-corrected chi connectivity index (χ4v) is 2.66. The number of hydrogen-bond donors (Lipinski definition) is 0. The molecule has 1 aromatic heterocycles. The summed E-state index contributed by atoms with van der Waals surface area (Å²) in [6.45, 7) is 5.72. The molecule has 0 unspecified atom stereocenters. The van der Waals surface area contributed by atoms with Gasteiger partial charge in [-0.25, -0.2) is 4.79 Å². The Kier molecular flexibility index (Phi) is 4.21. The van der Waals surface area contributed by atoms with E-state index < -0.39 is 5.97 Å². The van der Waals surface area contributed by atoms with Crippen LogP contribution < -0.4 is 5.43 Å². The highest BCUT2D eigenvalue weighted by Crippen LogP contribution is 2.27. The quantitative estimate of drug-likeness (QED) is 0.676. The van der Waals surface area contributed by atoms with Gasteiger partial charge in [-0.05, 0) is 32.9 Å². The van der Waals surface area contributed by atoms with Gasteiger partial charge in [-0.2, -0.15) is 0 Å². The molecule has 0 N–H and O–H groups in total. The van der Waals surface area contributed by atoms with Crippen molar-refractivity contribution < 1.29 is 13.9 Å². The molecule has 0 bridgehead atoms. The van der Waals surface area contributed by atoms with E-state index in [0.29, 0.717) is 16.7 Å². The largest absolute Gasteiger partial charge is 0.462 e. The first-order valence-corrected chi connectivity index (χ1v) is 7.83. The molecule has 24 heavy (non-hydrogen) atoms. The second kappa shape index (κ2) is 6.32. The third-order valence-electron chi connectivity index (χ3n) is 3.95. The minimum atomic E-state index is -0.495. The first kappa shape index (κ1) is 16.0. The van der Waals surface area contributed by atoms with Crippen molar-refractivity contribution in [3.8, 4) is 11.3 Å². The van der Waals surface area contributed by atoms with Crippen molar-refractivity contribution in [3.63, 3.8) is 0 Å². The van der Waals surface area contributed by atoms with Crippen LogP contribution in [-0.4, -0.2) is 12.6 Å². The summed E-state index contributed by atoms with van der Waals surface area (Å²) in [7, 11) is 0. The van der Waals surface area contributed by atoms with Gasteiger partial charge in [0, 0.05) is 11.1 Å². The SMILES string of the molecule is CCOC(=O)c1cccc2c(=O)c(C)c(-c3ccc(C)cc3)oc12. The zero-order valence-corrected chi connectivity index (χ0v) is 13.9. The standard InChI is InChI=1S/C20H18O4/c1-4-23-20(22)16-7-5-6-15-17(21)13(3)18(24-19(15)16)14-10-8-12(2)9-11-14/h5-11H,4H2,1-3H3. The molecule has 122 valence electrons. The van der Waals surface area contributed by atoms with Gasteiger partial charge in [-0.3, -0.25) is 4.79 Å². The molecule has 3 aromatic rings. The lowest BCUT2D eigenvalue weighted by atomic mass is 10.0. The second-order valence-corrected chi connectivity index (χ2v) is 5.65. The van der Waals surface area contributed by atoms with Gasteiger partial charge in [0.05, 0.1) is 12.0 Å². The maximum absolute atomic E-state index is 12.7. The molecular weight excluding hydrogens is 304 g/mol. The zero-order chi connectivity index (χ0) is 17.3. The highest BCUT2D eigenvalue weighted by atomic mass is 16.5. The number of benzene rings is 2. The van der Waals surface area contributed by atoms with Crippen LogP contribution in [0.25, 0.3) is 22.3 Å². The monoisotopic (exact) mass is 322 g/mol. The first-order valence-electron chi connectivity index (χ1n) is 7.83. The fourth-order valence-electron chi connectivity index (χ4n) is 2.66. The minimum absolute atomic E-state index is 0.141. The summed E-state index contributed by atoms with van der Waals surface area (Å²) in [6.07, 6.45) is 0. The number of fused-ring (bicyclic) bond motifs is 1. The molecule has 0 spiro atoms. The Morgan fingerprint density at radius 2 is 1.79 bits per heavy atom. The molecule has 1 heterocycles. The molecule has 2 aromatic carbocycles. The Morgan fingerprint density at radius 3 is 2.46 bits per heavy atom.